The summed E-state index contributed by atoms with van der Waals surface area (Å²) >= 11 is 7.60. The summed E-state index contributed by atoms with van der Waals surface area (Å²) in [5.41, 5.74) is 1.46. The van der Waals surface area contributed by atoms with Crippen LogP contribution < -0.4 is 9.54 Å². The molecule has 0 spiro atoms. The molecule has 0 bridgehead atoms. The van der Waals surface area contributed by atoms with Crippen LogP contribution in [0.5, 0.6) is 11.5 Å². The highest BCUT2D eigenvalue weighted by molar-refractivity contribution is 7.16. The first-order chi connectivity index (χ1) is 14.2. The van der Waals surface area contributed by atoms with Crippen LogP contribution in [0.15, 0.2) is 77.8 Å². The first-order valence-electron chi connectivity index (χ1n) is 9.35. The van der Waals surface area contributed by atoms with E-state index in [-0.39, 0.29) is 5.91 Å². The molecule has 1 heterocycles. The number of carbonyl (C=O) groups excluding carboxylic acids is 1. The predicted octanol–water partition coefficient (Wildman–Crippen LogP) is 6.30. The molecule has 0 aliphatic rings. The number of aryl methyl sites for hydroxylation is 1. The van der Waals surface area contributed by atoms with E-state index in [1.54, 1.807) is 12.1 Å². The molecule has 4 aromatic rings. The van der Waals surface area contributed by atoms with E-state index >= 15 is 0 Å². The summed E-state index contributed by atoms with van der Waals surface area (Å²) in [4.78, 5) is 18.1. The highest BCUT2D eigenvalue weighted by Crippen LogP contribution is 2.26. The van der Waals surface area contributed by atoms with E-state index in [0.717, 1.165) is 23.2 Å². The van der Waals surface area contributed by atoms with Crippen LogP contribution in [-0.2, 0) is 6.54 Å². The number of halogens is 1. The van der Waals surface area contributed by atoms with Gasteiger partial charge >= 0.3 is 0 Å². The van der Waals surface area contributed by atoms with E-state index in [1.807, 2.05) is 60.7 Å². The molecule has 29 heavy (non-hydrogen) atoms. The largest absolute Gasteiger partial charge is 0.457 e. The van der Waals surface area contributed by atoms with E-state index in [0.29, 0.717) is 26.9 Å². The highest BCUT2D eigenvalue weighted by atomic mass is 35.5. The number of fused-ring (bicyclic) bond motifs is 1. The monoisotopic (exact) mass is 422 g/mol. The molecule has 1 amide bonds. The fourth-order valence-electron chi connectivity index (χ4n) is 3.07. The van der Waals surface area contributed by atoms with Gasteiger partial charge in [-0.15, -0.1) is 0 Å². The normalized spacial score (nSPS) is 11.7. The number of nitrogens with zero attached hydrogens (tertiary/aromatic N) is 2. The zero-order valence-electron chi connectivity index (χ0n) is 15.8. The van der Waals surface area contributed by atoms with E-state index in [9.17, 15) is 4.79 Å². The Hall–Kier alpha value is -2.89. The number of hydrogen-bond donors (Lipinski definition) is 0. The molecule has 1 aromatic heterocycles. The summed E-state index contributed by atoms with van der Waals surface area (Å²) in [5.74, 6) is 0.822. The van der Waals surface area contributed by atoms with Crippen molar-refractivity contribution in [3.05, 3.63) is 88.2 Å². The maximum atomic E-state index is 13.0. The minimum absolute atomic E-state index is 0.334. The lowest BCUT2D eigenvalue weighted by molar-refractivity contribution is 0.0995. The van der Waals surface area contributed by atoms with E-state index in [2.05, 4.69) is 16.5 Å². The molecule has 0 fully saturated rings. The average Bonchev–Trinajstić information content (AvgIpc) is 3.05. The zero-order valence-corrected chi connectivity index (χ0v) is 17.4. The molecule has 0 aliphatic carbocycles. The van der Waals surface area contributed by atoms with Crippen molar-refractivity contribution in [1.29, 1.82) is 0 Å². The van der Waals surface area contributed by atoms with Gasteiger partial charge < -0.3 is 9.30 Å². The smallest absolute Gasteiger partial charge is 0.283 e. The Morgan fingerprint density at radius 1 is 1.07 bits per heavy atom. The van der Waals surface area contributed by atoms with Crippen LogP contribution in [-0.4, -0.2) is 10.5 Å². The number of benzene rings is 3. The van der Waals surface area contributed by atoms with Gasteiger partial charge in [0, 0.05) is 11.6 Å². The summed E-state index contributed by atoms with van der Waals surface area (Å²) in [5, 5.41) is 0.668. The van der Waals surface area contributed by atoms with Crippen LogP contribution in [0.4, 0.5) is 0 Å². The number of thiazole rings is 1. The van der Waals surface area contributed by atoms with Crippen LogP contribution in [0, 0.1) is 0 Å². The first-order valence-corrected chi connectivity index (χ1v) is 10.5. The van der Waals surface area contributed by atoms with E-state index < -0.39 is 0 Å². The van der Waals surface area contributed by atoms with Crippen molar-refractivity contribution in [2.24, 2.45) is 4.99 Å². The van der Waals surface area contributed by atoms with Gasteiger partial charge in [0.1, 0.15) is 11.5 Å². The van der Waals surface area contributed by atoms with Crippen molar-refractivity contribution in [2.75, 3.05) is 0 Å². The Bertz CT molecular complexity index is 1230. The average molecular weight is 423 g/mol. The number of ether oxygens (including phenoxy) is 1. The van der Waals surface area contributed by atoms with Gasteiger partial charge in [0.25, 0.3) is 5.91 Å². The molecule has 4 rings (SSSR count). The fourth-order valence-corrected chi connectivity index (χ4v) is 4.40. The third-order valence-electron chi connectivity index (χ3n) is 4.38. The summed E-state index contributed by atoms with van der Waals surface area (Å²) in [6, 6.07) is 22.3. The number of para-hydroxylation sites is 2. The lowest BCUT2D eigenvalue weighted by Gasteiger charge is -2.08. The highest BCUT2D eigenvalue weighted by Gasteiger charge is 2.14. The second kappa shape index (κ2) is 8.64. The summed E-state index contributed by atoms with van der Waals surface area (Å²) in [6.45, 7) is 2.87. The van der Waals surface area contributed by atoms with Crippen LogP contribution in [0.25, 0.3) is 10.2 Å². The maximum absolute atomic E-state index is 13.0. The molecule has 0 N–H and O–H groups in total. The van der Waals surface area contributed by atoms with Gasteiger partial charge in [-0.1, -0.05) is 60.2 Å². The van der Waals surface area contributed by atoms with Crippen LogP contribution in [0.2, 0.25) is 5.02 Å². The van der Waals surface area contributed by atoms with Gasteiger partial charge in [-0.2, -0.15) is 4.99 Å². The van der Waals surface area contributed by atoms with E-state index in [1.165, 1.54) is 11.3 Å². The first kappa shape index (κ1) is 19.4. The number of rotatable bonds is 5. The quantitative estimate of drug-likeness (QED) is 0.378. The van der Waals surface area contributed by atoms with Crippen LogP contribution in [0.3, 0.4) is 0 Å². The molecular formula is C23H19ClN2O2S. The second-order valence-electron chi connectivity index (χ2n) is 6.48. The molecule has 6 heteroatoms. The molecule has 0 radical (unpaired) electrons. The Balaban J connectivity index is 1.76. The van der Waals surface area contributed by atoms with Crippen LogP contribution in [0.1, 0.15) is 23.7 Å². The lowest BCUT2D eigenvalue weighted by atomic mass is 10.2. The minimum atomic E-state index is -0.334. The number of carbonyl (C=O) groups is 1. The second-order valence-corrected chi connectivity index (χ2v) is 7.92. The van der Waals surface area contributed by atoms with Gasteiger partial charge in [0.15, 0.2) is 4.80 Å². The summed E-state index contributed by atoms with van der Waals surface area (Å²) < 4.78 is 8.99. The van der Waals surface area contributed by atoms with Crippen molar-refractivity contribution in [3.63, 3.8) is 0 Å². The fraction of sp³-hybridized carbons (Fsp3) is 0.130. The van der Waals surface area contributed by atoms with Crippen LogP contribution >= 0.6 is 22.9 Å². The van der Waals surface area contributed by atoms with Crippen molar-refractivity contribution in [3.8, 4) is 11.5 Å². The summed E-state index contributed by atoms with van der Waals surface area (Å²) in [6.07, 6.45) is 0.934. The zero-order chi connectivity index (χ0) is 20.2. The predicted molar refractivity (Wildman–Crippen MR) is 118 cm³/mol. The maximum Gasteiger partial charge on any atom is 0.283 e. The molecule has 0 saturated heterocycles. The van der Waals surface area contributed by atoms with Gasteiger partial charge in [-0.3, -0.25) is 4.79 Å². The van der Waals surface area contributed by atoms with Gasteiger partial charge in [-0.25, -0.2) is 0 Å². The molecule has 4 nitrogen and oxygen atoms in total. The van der Waals surface area contributed by atoms with Crippen molar-refractivity contribution in [2.45, 2.75) is 19.9 Å². The molecule has 0 aliphatic heterocycles. The van der Waals surface area contributed by atoms with Gasteiger partial charge in [0.05, 0.1) is 15.8 Å². The molecule has 0 saturated carbocycles. The number of hydrogen-bond acceptors (Lipinski definition) is 3. The Morgan fingerprint density at radius 2 is 1.83 bits per heavy atom. The molecular weight excluding hydrogens is 404 g/mol. The van der Waals surface area contributed by atoms with Gasteiger partial charge in [-0.05, 0) is 48.9 Å². The third kappa shape index (κ3) is 4.26. The molecule has 0 unspecified atom stereocenters. The minimum Gasteiger partial charge on any atom is -0.457 e. The molecule has 0 atom stereocenters. The lowest BCUT2D eigenvalue weighted by Crippen LogP contribution is -2.17. The topological polar surface area (TPSA) is 43.6 Å². The molecule has 3 aromatic carbocycles. The standard InChI is InChI=1S/C23H19ClN2O2S/c1-2-14-26-19-13-12-16(24)15-21(19)29-23(26)25-22(27)18-10-6-7-11-20(18)28-17-8-4-3-5-9-17/h3-13,15H,2,14H2,1H3. The summed E-state index contributed by atoms with van der Waals surface area (Å²) in [7, 11) is 0. The van der Waals surface area contributed by atoms with E-state index in [4.69, 9.17) is 16.3 Å². The molecule has 146 valence electrons. The Morgan fingerprint density at radius 3 is 2.62 bits per heavy atom. The Labute approximate surface area is 177 Å². The van der Waals surface area contributed by atoms with Crippen molar-refractivity contribution < 1.29 is 9.53 Å². The van der Waals surface area contributed by atoms with Gasteiger partial charge in [0.2, 0.25) is 0 Å². The van der Waals surface area contributed by atoms with Crippen molar-refractivity contribution in [1.82, 2.24) is 4.57 Å². The number of amides is 1. The number of aromatic nitrogens is 1. The SMILES string of the molecule is CCCn1c(=NC(=O)c2ccccc2Oc2ccccc2)sc2cc(Cl)ccc21. The third-order valence-corrected chi connectivity index (χ3v) is 5.65. The van der Waals surface area contributed by atoms with Crippen molar-refractivity contribution >= 4 is 39.1 Å². The Kier molecular flexibility index (Phi) is 5.79.